The van der Waals surface area contributed by atoms with E-state index in [1.165, 1.54) is 0 Å². The third-order valence-corrected chi connectivity index (χ3v) is 2.52. The summed E-state index contributed by atoms with van der Waals surface area (Å²) in [6.45, 7) is 1.56. The van der Waals surface area contributed by atoms with Crippen molar-refractivity contribution in [2.75, 3.05) is 0 Å². The summed E-state index contributed by atoms with van der Waals surface area (Å²) in [5, 5.41) is 0. The fourth-order valence-corrected chi connectivity index (χ4v) is 1.68. The Hall–Kier alpha value is -1.04. The van der Waals surface area contributed by atoms with Crippen molar-refractivity contribution >= 4 is 17.5 Å². The number of alkyl halides is 3. The van der Waals surface area contributed by atoms with Crippen LogP contribution in [-0.2, 0) is 0 Å². The lowest BCUT2D eigenvalue weighted by Crippen LogP contribution is -2.02. The van der Waals surface area contributed by atoms with Crippen molar-refractivity contribution in [3.8, 4) is 0 Å². The predicted octanol–water partition coefficient (Wildman–Crippen LogP) is 4.03. The standard InChI is InChI=1S/C10H8F4OS/c1-2-9(15)7-4-3-6(5-8(7)11)16-10(12,13)14/h3-5H,2H2,1H3. The molecule has 0 N–H and O–H groups in total. The molecule has 1 nitrogen and oxygen atoms in total. The third-order valence-electron chi connectivity index (χ3n) is 1.80. The van der Waals surface area contributed by atoms with Crippen LogP contribution in [0, 0.1) is 5.82 Å². The fourth-order valence-electron chi connectivity index (χ4n) is 1.11. The van der Waals surface area contributed by atoms with Crippen LogP contribution in [0.5, 0.6) is 0 Å². The Morgan fingerprint density at radius 3 is 2.44 bits per heavy atom. The van der Waals surface area contributed by atoms with E-state index in [1.54, 1.807) is 6.92 Å². The Bertz CT molecular complexity index is 400. The van der Waals surface area contributed by atoms with Gasteiger partial charge in [-0.3, -0.25) is 4.79 Å². The van der Waals surface area contributed by atoms with E-state index >= 15 is 0 Å². The summed E-state index contributed by atoms with van der Waals surface area (Å²) in [6, 6.07) is 2.89. The number of carbonyl (C=O) groups excluding carboxylic acids is 1. The van der Waals surface area contributed by atoms with Crippen LogP contribution in [0.1, 0.15) is 23.7 Å². The number of ketones is 1. The molecule has 1 rings (SSSR count). The quantitative estimate of drug-likeness (QED) is 0.459. The molecule has 6 heteroatoms. The highest BCUT2D eigenvalue weighted by Crippen LogP contribution is 2.37. The highest BCUT2D eigenvalue weighted by molar-refractivity contribution is 8.00. The molecule has 0 radical (unpaired) electrons. The first-order valence-electron chi connectivity index (χ1n) is 4.42. The first kappa shape index (κ1) is 13.0. The largest absolute Gasteiger partial charge is 0.446 e. The molecule has 88 valence electrons. The molecule has 0 unspecified atom stereocenters. The van der Waals surface area contributed by atoms with E-state index in [9.17, 15) is 22.4 Å². The molecule has 0 bridgehead atoms. The Morgan fingerprint density at radius 2 is 2.00 bits per heavy atom. The minimum atomic E-state index is -4.46. The third kappa shape index (κ3) is 3.52. The lowest BCUT2D eigenvalue weighted by Gasteiger charge is -2.06. The zero-order chi connectivity index (χ0) is 12.3. The van der Waals surface area contributed by atoms with Gasteiger partial charge in [-0.2, -0.15) is 13.2 Å². The molecule has 0 aromatic heterocycles. The van der Waals surface area contributed by atoms with E-state index < -0.39 is 28.9 Å². The molecule has 0 saturated carbocycles. The average molecular weight is 252 g/mol. The average Bonchev–Trinajstić information content (AvgIpc) is 2.14. The Kier molecular flexibility index (Phi) is 3.96. The van der Waals surface area contributed by atoms with Gasteiger partial charge in [0.15, 0.2) is 5.78 Å². The molecule has 0 amide bonds. The van der Waals surface area contributed by atoms with Crippen molar-refractivity contribution in [1.29, 1.82) is 0 Å². The number of halogens is 4. The normalized spacial score (nSPS) is 11.6. The lowest BCUT2D eigenvalue weighted by molar-refractivity contribution is -0.0328. The van der Waals surface area contributed by atoms with Gasteiger partial charge in [-0.25, -0.2) is 4.39 Å². The zero-order valence-corrected chi connectivity index (χ0v) is 9.08. The molecule has 0 fully saturated rings. The van der Waals surface area contributed by atoms with Crippen molar-refractivity contribution in [2.45, 2.75) is 23.7 Å². The van der Waals surface area contributed by atoms with Gasteiger partial charge in [-0.1, -0.05) is 6.92 Å². The van der Waals surface area contributed by atoms with Gasteiger partial charge in [-0.05, 0) is 30.0 Å². The van der Waals surface area contributed by atoms with Crippen molar-refractivity contribution in [3.05, 3.63) is 29.6 Å². The maximum absolute atomic E-state index is 13.3. The Labute approximate surface area is 93.8 Å². The molecular formula is C10H8F4OS. The lowest BCUT2D eigenvalue weighted by atomic mass is 10.1. The van der Waals surface area contributed by atoms with Gasteiger partial charge in [0.05, 0.1) is 5.56 Å². The van der Waals surface area contributed by atoms with E-state index in [0.29, 0.717) is 0 Å². The highest BCUT2D eigenvalue weighted by atomic mass is 32.2. The second kappa shape index (κ2) is 4.86. The van der Waals surface area contributed by atoms with Crippen LogP contribution in [0.15, 0.2) is 23.1 Å². The van der Waals surface area contributed by atoms with Crippen LogP contribution in [0.25, 0.3) is 0 Å². The molecule has 1 aromatic carbocycles. The molecule has 0 saturated heterocycles. The van der Waals surface area contributed by atoms with Gasteiger partial charge in [0.1, 0.15) is 5.82 Å². The van der Waals surface area contributed by atoms with Crippen molar-refractivity contribution in [1.82, 2.24) is 0 Å². The number of carbonyl (C=O) groups is 1. The highest BCUT2D eigenvalue weighted by Gasteiger charge is 2.29. The fraction of sp³-hybridized carbons (Fsp3) is 0.300. The molecule has 0 atom stereocenters. The molecule has 16 heavy (non-hydrogen) atoms. The van der Waals surface area contributed by atoms with Crippen LogP contribution in [0.3, 0.4) is 0 Å². The summed E-state index contributed by atoms with van der Waals surface area (Å²) < 4.78 is 49.2. The number of Topliss-reactive ketones (excluding diaryl/α,β-unsaturated/α-hetero) is 1. The first-order valence-corrected chi connectivity index (χ1v) is 5.23. The SMILES string of the molecule is CCC(=O)c1ccc(SC(F)(F)F)cc1F. The zero-order valence-electron chi connectivity index (χ0n) is 8.27. The summed E-state index contributed by atoms with van der Waals surface area (Å²) in [5.74, 6) is -1.35. The molecule has 0 aliphatic heterocycles. The van der Waals surface area contributed by atoms with E-state index in [2.05, 4.69) is 0 Å². The topological polar surface area (TPSA) is 17.1 Å². The number of thioether (sulfide) groups is 1. The monoisotopic (exact) mass is 252 g/mol. The molecule has 0 aliphatic carbocycles. The minimum Gasteiger partial charge on any atom is -0.294 e. The smallest absolute Gasteiger partial charge is 0.294 e. The summed E-state index contributed by atoms with van der Waals surface area (Å²) in [4.78, 5) is 10.9. The second-order valence-corrected chi connectivity index (χ2v) is 4.10. The van der Waals surface area contributed by atoms with Crippen molar-refractivity contribution < 1.29 is 22.4 Å². The molecule has 0 aliphatic rings. The predicted molar refractivity (Wildman–Crippen MR) is 52.9 cm³/mol. The number of benzene rings is 1. The van der Waals surface area contributed by atoms with Gasteiger partial charge in [-0.15, -0.1) is 0 Å². The molecule has 0 heterocycles. The summed E-state index contributed by atoms with van der Waals surface area (Å²) in [7, 11) is 0. The van der Waals surface area contributed by atoms with E-state index in [4.69, 9.17) is 0 Å². The summed E-state index contributed by atoms with van der Waals surface area (Å²) >= 11 is -0.408. The van der Waals surface area contributed by atoms with Crippen molar-refractivity contribution in [2.24, 2.45) is 0 Å². The van der Waals surface area contributed by atoms with E-state index in [1.807, 2.05) is 0 Å². The van der Waals surface area contributed by atoms with Gasteiger partial charge < -0.3 is 0 Å². The summed E-state index contributed by atoms with van der Waals surface area (Å²) in [6.07, 6.45) is 0.114. The van der Waals surface area contributed by atoms with Crippen LogP contribution < -0.4 is 0 Å². The molecule has 0 spiro atoms. The number of rotatable bonds is 3. The van der Waals surface area contributed by atoms with Gasteiger partial charge in [0.2, 0.25) is 0 Å². The maximum Gasteiger partial charge on any atom is 0.446 e. The van der Waals surface area contributed by atoms with Gasteiger partial charge >= 0.3 is 5.51 Å². The van der Waals surface area contributed by atoms with Crippen LogP contribution >= 0.6 is 11.8 Å². The number of hydrogen-bond donors (Lipinski definition) is 0. The van der Waals surface area contributed by atoms with Crippen LogP contribution in [0.2, 0.25) is 0 Å². The van der Waals surface area contributed by atoms with E-state index in [0.717, 1.165) is 18.2 Å². The summed E-state index contributed by atoms with van der Waals surface area (Å²) in [5.41, 5.74) is -4.63. The molecule has 1 aromatic rings. The maximum atomic E-state index is 13.3. The van der Waals surface area contributed by atoms with Crippen molar-refractivity contribution in [3.63, 3.8) is 0 Å². The van der Waals surface area contributed by atoms with Crippen LogP contribution in [-0.4, -0.2) is 11.3 Å². The Balaban J connectivity index is 2.96. The second-order valence-electron chi connectivity index (χ2n) is 2.97. The Morgan fingerprint density at radius 1 is 1.38 bits per heavy atom. The van der Waals surface area contributed by atoms with Gasteiger partial charge in [0, 0.05) is 11.3 Å². The van der Waals surface area contributed by atoms with Gasteiger partial charge in [0.25, 0.3) is 0 Å². The minimum absolute atomic E-state index is 0.114. The van der Waals surface area contributed by atoms with Crippen LogP contribution in [0.4, 0.5) is 17.6 Å². The number of hydrogen-bond acceptors (Lipinski definition) is 2. The first-order chi connectivity index (χ1) is 7.33. The molecular weight excluding hydrogens is 244 g/mol. The van der Waals surface area contributed by atoms with E-state index in [-0.39, 0.29) is 16.9 Å².